The van der Waals surface area contributed by atoms with Crippen molar-refractivity contribution in [1.82, 2.24) is 4.98 Å². The molecule has 17 heavy (non-hydrogen) atoms. The molecule has 0 unspecified atom stereocenters. The Balaban J connectivity index is 2.30. The van der Waals surface area contributed by atoms with Gasteiger partial charge < -0.3 is 9.15 Å². The third-order valence-electron chi connectivity index (χ3n) is 2.09. The quantitative estimate of drug-likeness (QED) is 0.767. The second kappa shape index (κ2) is 4.78. The van der Waals surface area contributed by atoms with E-state index in [0.717, 1.165) is 0 Å². The van der Waals surface area contributed by atoms with Gasteiger partial charge >= 0.3 is 5.97 Å². The topological polar surface area (TPSA) is 52.3 Å². The molecule has 88 valence electrons. The average molecular weight is 235 g/mol. The molecule has 0 radical (unpaired) electrons. The Labute approximate surface area is 97.0 Å². The summed E-state index contributed by atoms with van der Waals surface area (Å²) < 4.78 is 23.3. The highest BCUT2D eigenvalue weighted by molar-refractivity contribution is 5.86. The van der Waals surface area contributed by atoms with E-state index < -0.39 is 11.8 Å². The summed E-state index contributed by atoms with van der Waals surface area (Å²) in [6.45, 7) is 1.93. The molecule has 1 heterocycles. The van der Waals surface area contributed by atoms with Gasteiger partial charge in [0.2, 0.25) is 11.7 Å². The van der Waals surface area contributed by atoms with Gasteiger partial charge in [-0.3, -0.25) is 0 Å². The summed E-state index contributed by atoms with van der Waals surface area (Å²) in [7, 11) is 0. The lowest BCUT2D eigenvalue weighted by molar-refractivity contribution is 0.0491. The summed E-state index contributed by atoms with van der Waals surface area (Å²) in [5.41, 5.74) is 0.211. The molecular weight excluding hydrogens is 225 g/mol. The maximum absolute atomic E-state index is 13.4. The molecule has 0 aliphatic rings. The van der Waals surface area contributed by atoms with Crippen LogP contribution < -0.4 is 0 Å². The van der Waals surface area contributed by atoms with Crippen molar-refractivity contribution in [2.75, 3.05) is 6.61 Å². The summed E-state index contributed by atoms with van der Waals surface area (Å²) in [4.78, 5) is 15.2. The van der Waals surface area contributed by atoms with Crippen molar-refractivity contribution >= 4 is 5.97 Å². The van der Waals surface area contributed by atoms with Gasteiger partial charge in [-0.1, -0.05) is 12.1 Å². The molecule has 2 rings (SSSR count). The minimum atomic E-state index is -0.609. The van der Waals surface area contributed by atoms with Crippen molar-refractivity contribution < 1.29 is 18.3 Å². The number of oxazole rings is 1. The second-order valence-corrected chi connectivity index (χ2v) is 3.23. The molecule has 0 atom stereocenters. The fourth-order valence-corrected chi connectivity index (χ4v) is 1.33. The molecule has 0 saturated carbocycles. The first-order chi connectivity index (χ1) is 8.22. The van der Waals surface area contributed by atoms with Gasteiger partial charge in [0.25, 0.3) is 0 Å². The summed E-state index contributed by atoms with van der Waals surface area (Å²) in [5.74, 6) is -1.04. The molecule has 0 N–H and O–H groups in total. The van der Waals surface area contributed by atoms with Gasteiger partial charge in [0, 0.05) is 0 Å². The van der Waals surface area contributed by atoms with Crippen molar-refractivity contribution in [2.45, 2.75) is 6.92 Å². The maximum Gasteiger partial charge on any atom is 0.375 e. The Kier molecular flexibility index (Phi) is 3.18. The number of benzene rings is 1. The molecule has 0 bridgehead atoms. The SMILES string of the molecule is CCOC(=O)c1cnc(-c2ccccc2F)o1. The van der Waals surface area contributed by atoms with Crippen LogP contribution in [0.25, 0.3) is 11.5 Å². The van der Waals surface area contributed by atoms with Gasteiger partial charge in [-0.2, -0.15) is 0 Å². The molecule has 0 amide bonds. The normalized spacial score (nSPS) is 10.2. The van der Waals surface area contributed by atoms with Crippen molar-refractivity contribution in [2.24, 2.45) is 0 Å². The number of esters is 1. The van der Waals surface area contributed by atoms with Gasteiger partial charge in [-0.15, -0.1) is 0 Å². The number of aromatic nitrogens is 1. The Bertz CT molecular complexity index is 536. The van der Waals surface area contributed by atoms with E-state index in [0.29, 0.717) is 0 Å². The zero-order valence-electron chi connectivity index (χ0n) is 9.14. The molecule has 0 saturated heterocycles. The monoisotopic (exact) mass is 235 g/mol. The maximum atomic E-state index is 13.4. The molecule has 4 nitrogen and oxygen atoms in total. The van der Waals surface area contributed by atoms with E-state index in [-0.39, 0.29) is 23.8 Å². The van der Waals surface area contributed by atoms with Gasteiger partial charge in [-0.25, -0.2) is 14.2 Å². The van der Waals surface area contributed by atoms with Gasteiger partial charge in [-0.05, 0) is 19.1 Å². The number of hydrogen-bond acceptors (Lipinski definition) is 4. The van der Waals surface area contributed by atoms with Crippen LogP contribution in [0.1, 0.15) is 17.5 Å². The Morgan fingerprint density at radius 3 is 2.94 bits per heavy atom. The zero-order valence-corrected chi connectivity index (χ0v) is 9.14. The molecule has 1 aromatic heterocycles. The van der Waals surface area contributed by atoms with E-state index in [1.54, 1.807) is 19.1 Å². The Morgan fingerprint density at radius 2 is 2.24 bits per heavy atom. The fraction of sp³-hybridized carbons (Fsp3) is 0.167. The van der Waals surface area contributed by atoms with Crippen LogP contribution in [-0.4, -0.2) is 17.6 Å². The molecule has 0 aliphatic heterocycles. The Morgan fingerprint density at radius 1 is 1.47 bits per heavy atom. The molecule has 0 aliphatic carbocycles. The highest BCUT2D eigenvalue weighted by atomic mass is 19.1. The summed E-state index contributed by atoms with van der Waals surface area (Å²) >= 11 is 0. The largest absolute Gasteiger partial charge is 0.460 e. The van der Waals surface area contributed by atoms with E-state index in [4.69, 9.17) is 9.15 Å². The van der Waals surface area contributed by atoms with Crippen molar-refractivity contribution in [1.29, 1.82) is 0 Å². The van der Waals surface area contributed by atoms with Gasteiger partial charge in [0.05, 0.1) is 18.4 Å². The number of carbonyl (C=O) groups excluding carboxylic acids is 1. The predicted molar refractivity (Wildman–Crippen MR) is 57.9 cm³/mol. The number of rotatable bonds is 3. The van der Waals surface area contributed by atoms with Gasteiger partial charge in [0.15, 0.2) is 0 Å². The fourth-order valence-electron chi connectivity index (χ4n) is 1.33. The lowest BCUT2D eigenvalue weighted by atomic mass is 10.2. The van der Waals surface area contributed by atoms with Crippen LogP contribution in [0.15, 0.2) is 34.9 Å². The summed E-state index contributed by atoms with van der Waals surface area (Å²) in [5, 5.41) is 0. The van der Waals surface area contributed by atoms with Crippen LogP contribution >= 0.6 is 0 Å². The third kappa shape index (κ3) is 2.33. The van der Waals surface area contributed by atoms with E-state index in [9.17, 15) is 9.18 Å². The first-order valence-corrected chi connectivity index (χ1v) is 5.10. The van der Waals surface area contributed by atoms with Crippen molar-refractivity contribution in [3.63, 3.8) is 0 Å². The number of carbonyl (C=O) groups is 1. The second-order valence-electron chi connectivity index (χ2n) is 3.23. The van der Waals surface area contributed by atoms with Crippen LogP contribution in [0.5, 0.6) is 0 Å². The number of hydrogen-bond donors (Lipinski definition) is 0. The molecule has 0 fully saturated rings. The van der Waals surface area contributed by atoms with Crippen LogP contribution in [0.4, 0.5) is 4.39 Å². The number of halogens is 1. The van der Waals surface area contributed by atoms with Crippen LogP contribution in [0.3, 0.4) is 0 Å². The average Bonchev–Trinajstić information content (AvgIpc) is 2.79. The highest BCUT2D eigenvalue weighted by Gasteiger charge is 2.16. The van der Waals surface area contributed by atoms with E-state index >= 15 is 0 Å². The number of ether oxygens (including phenoxy) is 1. The zero-order chi connectivity index (χ0) is 12.3. The van der Waals surface area contributed by atoms with Crippen LogP contribution in [0.2, 0.25) is 0 Å². The Hall–Kier alpha value is -2.17. The standard InChI is InChI=1S/C12H10FNO3/c1-2-16-12(15)10-7-14-11(17-10)8-5-3-4-6-9(8)13/h3-7H,2H2,1H3. The third-order valence-corrected chi connectivity index (χ3v) is 2.09. The first-order valence-electron chi connectivity index (χ1n) is 5.10. The van der Waals surface area contributed by atoms with Gasteiger partial charge in [0.1, 0.15) is 5.82 Å². The van der Waals surface area contributed by atoms with Crippen LogP contribution in [-0.2, 0) is 4.74 Å². The molecule has 5 heteroatoms. The lowest BCUT2D eigenvalue weighted by Gasteiger charge is -1.97. The molecule has 0 spiro atoms. The van der Waals surface area contributed by atoms with E-state index in [1.165, 1.54) is 18.3 Å². The van der Waals surface area contributed by atoms with Crippen molar-refractivity contribution in [3.8, 4) is 11.5 Å². The molecule has 2 aromatic rings. The predicted octanol–water partition coefficient (Wildman–Crippen LogP) is 2.66. The lowest BCUT2D eigenvalue weighted by Crippen LogP contribution is -2.02. The van der Waals surface area contributed by atoms with Crippen molar-refractivity contribution in [3.05, 3.63) is 42.0 Å². The first kappa shape index (κ1) is 11.3. The summed E-state index contributed by atoms with van der Waals surface area (Å²) in [6, 6.07) is 6.04. The number of nitrogens with zero attached hydrogens (tertiary/aromatic N) is 1. The minimum absolute atomic E-state index is 0.0369. The van der Waals surface area contributed by atoms with E-state index in [1.807, 2.05) is 0 Å². The van der Waals surface area contributed by atoms with Crippen LogP contribution in [0, 0.1) is 5.82 Å². The summed E-state index contributed by atoms with van der Waals surface area (Å²) in [6.07, 6.45) is 1.22. The minimum Gasteiger partial charge on any atom is -0.460 e. The highest BCUT2D eigenvalue weighted by Crippen LogP contribution is 2.22. The molecule has 1 aromatic carbocycles. The smallest absolute Gasteiger partial charge is 0.375 e. The molecular formula is C12H10FNO3. The van der Waals surface area contributed by atoms with E-state index in [2.05, 4.69) is 4.98 Å².